The lowest BCUT2D eigenvalue weighted by atomic mass is 10.2. The maximum Gasteiger partial charge on any atom is 0.231 e. The summed E-state index contributed by atoms with van der Waals surface area (Å²) in [5.74, 6) is 0.672. The van der Waals surface area contributed by atoms with Crippen molar-refractivity contribution in [2.75, 3.05) is 6.54 Å². The quantitative estimate of drug-likeness (QED) is 0.652. The minimum Gasteiger partial charge on any atom is -0.369 e. The van der Waals surface area contributed by atoms with Crippen LogP contribution in [0.2, 0.25) is 0 Å². The largest absolute Gasteiger partial charge is 0.369 e. The number of amides is 1. The highest BCUT2D eigenvalue weighted by Gasteiger charge is 2.22. The van der Waals surface area contributed by atoms with Crippen LogP contribution in [-0.2, 0) is 11.3 Å². The van der Waals surface area contributed by atoms with Crippen molar-refractivity contribution in [3.05, 3.63) is 18.2 Å². The van der Waals surface area contributed by atoms with Gasteiger partial charge < -0.3 is 10.3 Å². The lowest BCUT2D eigenvalue weighted by molar-refractivity contribution is -0.117. The summed E-state index contributed by atoms with van der Waals surface area (Å²) in [5, 5.41) is 3.07. The van der Waals surface area contributed by atoms with Gasteiger partial charge in [-0.1, -0.05) is 0 Å². The van der Waals surface area contributed by atoms with Crippen LogP contribution >= 0.6 is 0 Å². The fourth-order valence-corrected chi connectivity index (χ4v) is 1.63. The van der Waals surface area contributed by atoms with Crippen LogP contribution in [0.25, 0.3) is 0 Å². The van der Waals surface area contributed by atoms with Gasteiger partial charge in [-0.15, -0.1) is 0 Å². The maximum atomic E-state index is 10.5. The molecule has 0 fully saturated rings. The molecule has 1 aliphatic rings. The van der Waals surface area contributed by atoms with Crippen LogP contribution in [0.5, 0.6) is 0 Å². The molecule has 0 aromatic carbocycles. The molecule has 70 valence electrons. The number of aromatic nitrogens is 2. The zero-order chi connectivity index (χ0) is 9.26. The molecule has 2 heterocycles. The number of rotatable bonds is 3. The van der Waals surface area contributed by atoms with Gasteiger partial charge in [0.2, 0.25) is 5.91 Å². The van der Waals surface area contributed by atoms with Gasteiger partial charge in [0.25, 0.3) is 0 Å². The van der Waals surface area contributed by atoms with Gasteiger partial charge in [-0.25, -0.2) is 4.98 Å². The molecule has 1 aromatic rings. The van der Waals surface area contributed by atoms with Crippen molar-refractivity contribution in [2.24, 2.45) is 5.73 Å². The third-order valence-electron chi connectivity index (χ3n) is 2.24. The topological polar surface area (TPSA) is 72.9 Å². The van der Waals surface area contributed by atoms with E-state index in [-0.39, 0.29) is 18.5 Å². The number of carbonyl (C=O) groups is 1. The minimum atomic E-state index is -0.329. The number of primary amides is 1. The molecule has 0 spiro atoms. The van der Waals surface area contributed by atoms with Gasteiger partial charge in [0.05, 0.1) is 12.6 Å². The molecule has 2 rings (SSSR count). The molecule has 0 saturated carbocycles. The van der Waals surface area contributed by atoms with Crippen LogP contribution in [0.15, 0.2) is 12.4 Å². The second-order valence-corrected chi connectivity index (χ2v) is 3.17. The number of carbonyl (C=O) groups excluding carboxylic acids is 1. The average Bonchev–Trinajstić information content (AvgIpc) is 2.60. The van der Waals surface area contributed by atoms with Crippen LogP contribution in [0.4, 0.5) is 0 Å². The Labute approximate surface area is 75.9 Å². The van der Waals surface area contributed by atoms with Gasteiger partial charge in [0, 0.05) is 18.9 Å². The first kappa shape index (κ1) is 8.25. The normalized spacial score (nSPS) is 20.2. The van der Waals surface area contributed by atoms with Crippen LogP contribution in [0.3, 0.4) is 0 Å². The number of hydrogen-bond donors (Lipinski definition) is 2. The lowest BCUT2D eigenvalue weighted by Gasteiger charge is -2.08. The fourth-order valence-electron chi connectivity index (χ4n) is 1.63. The third-order valence-corrected chi connectivity index (χ3v) is 2.24. The molecule has 0 saturated heterocycles. The zero-order valence-electron chi connectivity index (χ0n) is 7.23. The molecular weight excluding hydrogens is 168 g/mol. The predicted molar refractivity (Wildman–Crippen MR) is 46.8 cm³/mol. The monoisotopic (exact) mass is 180 g/mol. The van der Waals surface area contributed by atoms with Crippen molar-refractivity contribution in [1.29, 1.82) is 0 Å². The van der Waals surface area contributed by atoms with Crippen molar-refractivity contribution in [2.45, 2.75) is 19.0 Å². The summed E-state index contributed by atoms with van der Waals surface area (Å²) in [4.78, 5) is 14.7. The summed E-state index contributed by atoms with van der Waals surface area (Å²) in [6.07, 6.45) is 4.70. The van der Waals surface area contributed by atoms with E-state index in [1.165, 1.54) is 0 Å². The third kappa shape index (κ3) is 1.55. The van der Waals surface area contributed by atoms with Gasteiger partial charge in [-0.3, -0.25) is 10.1 Å². The van der Waals surface area contributed by atoms with E-state index >= 15 is 0 Å². The second kappa shape index (κ2) is 3.18. The van der Waals surface area contributed by atoms with Crippen molar-refractivity contribution < 1.29 is 4.79 Å². The Bertz CT molecular complexity index is 320. The van der Waals surface area contributed by atoms with Crippen molar-refractivity contribution >= 4 is 5.91 Å². The van der Waals surface area contributed by atoms with Crippen LogP contribution in [-0.4, -0.2) is 22.0 Å². The highest BCUT2D eigenvalue weighted by Crippen LogP contribution is 2.22. The number of hydrogen-bond acceptors (Lipinski definition) is 3. The molecule has 3 N–H and O–H groups in total. The molecule has 0 aliphatic carbocycles. The van der Waals surface area contributed by atoms with E-state index in [1.807, 2.05) is 6.20 Å². The van der Waals surface area contributed by atoms with E-state index < -0.39 is 0 Å². The molecule has 5 heteroatoms. The molecule has 1 aliphatic heterocycles. The van der Waals surface area contributed by atoms with Crippen molar-refractivity contribution in [3.8, 4) is 0 Å². The molecule has 1 atom stereocenters. The maximum absolute atomic E-state index is 10.5. The summed E-state index contributed by atoms with van der Waals surface area (Å²) in [5.41, 5.74) is 5.04. The molecule has 1 amide bonds. The molecular formula is C8H12N4O. The molecule has 1 aromatic heterocycles. The summed E-state index contributed by atoms with van der Waals surface area (Å²) in [7, 11) is 0. The Hall–Kier alpha value is -1.36. The number of nitrogens with one attached hydrogen (secondary N) is 1. The van der Waals surface area contributed by atoms with Crippen LogP contribution in [0.1, 0.15) is 18.3 Å². The second-order valence-electron chi connectivity index (χ2n) is 3.17. The van der Waals surface area contributed by atoms with E-state index in [9.17, 15) is 4.79 Å². The van der Waals surface area contributed by atoms with Gasteiger partial charge in [0.1, 0.15) is 5.82 Å². The van der Waals surface area contributed by atoms with Gasteiger partial charge >= 0.3 is 0 Å². The molecule has 1 unspecified atom stereocenters. The summed E-state index contributed by atoms with van der Waals surface area (Å²) < 4.78 is 2.08. The lowest BCUT2D eigenvalue weighted by Crippen LogP contribution is -2.31. The van der Waals surface area contributed by atoms with Gasteiger partial charge in [-0.2, -0.15) is 0 Å². The Morgan fingerprint density at radius 1 is 1.85 bits per heavy atom. The summed E-state index contributed by atoms with van der Waals surface area (Å²) in [6, 6.07) is 0.183. The molecule has 0 radical (unpaired) electrons. The number of nitrogens with two attached hydrogens (primary N) is 1. The van der Waals surface area contributed by atoms with Crippen molar-refractivity contribution in [1.82, 2.24) is 14.9 Å². The Kier molecular flexibility index (Phi) is 2.02. The minimum absolute atomic E-state index is 0.183. The smallest absolute Gasteiger partial charge is 0.231 e. The number of nitrogens with zero attached hydrogens (tertiary/aromatic N) is 2. The van der Waals surface area contributed by atoms with Gasteiger partial charge in [0.15, 0.2) is 0 Å². The molecule has 0 bridgehead atoms. The summed E-state index contributed by atoms with van der Waals surface area (Å²) >= 11 is 0. The van der Waals surface area contributed by atoms with Crippen LogP contribution < -0.4 is 11.1 Å². The van der Waals surface area contributed by atoms with E-state index in [0.29, 0.717) is 0 Å². The standard InChI is InChI=1S/C8H12N4O/c9-7(13)5-11-6-1-3-12-4-2-10-8(6)12/h2,4,6,11H,1,3,5H2,(H2,9,13). The Morgan fingerprint density at radius 2 is 2.69 bits per heavy atom. The van der Waals surface area contributed by atoms with E-state index in [1.54, 1.807) is 6.20 Å². The number of fused-ring (bicyclic) bond motifs is 1. The fraction of sp³-hybridized carbons (Fsp3) is 0.500. The molecule has 5 nitrogen and oxygen atoms in total. The highest BCUT2D eigenvalue weighted by atomic mass is 16.1. The summed E-state index contributed by atoms with van der Waals surface area (Å²) in [6.45, 7) is 1.18. The first-order valence-corrected chi connectivity index (χ1v) is 4.30. The van der Waals surface area contributed by atoms with Crippen LogP contribution in [0, 0.1) is 0 Å². The first-order chi connectivity index (χ1) is 6.27. The zero-order valence-corrected chi connectivity index (χ0v) is 7.23. The van der Waals surface area contributed by atoms with E-state index in [2.05, 4.69) is 14.9 Å². The van der Waals surface area contributed by atoms with E-state index in [0.717, 1.165) is 18.8 Å². The van der Waals surface area contributed by atoms with Gasteiger partial charge in [-0.05, 0) is 6.42 Å². The predicted octanol–water partition coefficient (Wildman–Crippen LogP) is -0.597. The number of imidazole rings is 1. The Morgan fingerprint density at radius 3 is 3.46 bits per heavy atom. The van der Waals surface area contributed by atoms with Crippen molar-refractivity contribution in [3.63, 3.8) is 0 Å². The number of aryl methyl sites for hydroxylation is 1. The SMILES string of the molecule is NC(=O)CNC1CCn2ccnc21. The highest BCUT2D eigenvalue weighted by molar-refractivity contribution is 5.75. The van der Waals surface area contributed by atoms with E-state index in [4.69, 9.17) is 5.73 Å². The average molecular weight is 180 g/mol. The first-order valence-electron chi connectivity index (χ1n) is 4.30. The molecule has 13 heavy (non-hydrogen) atoms. The Balaban J connectivity index is 2.00.